The zero-order chi connectivity index (χ0) is 21.3. The van der Waals surface area contributed by atoms with Gasteiger partial charge in [0, 0.05) is 17.7 Å². The molecule has 0 saturated heterocycles. The SMILES string of the molecule is CCCCCCCCCOc1ccc(-c2nc3cc(OC)c(OC)cc3[nH]2)cc1Cl. The van der Waals surface area contributed by atoms with Gasteiger partial charge in [0.25, 0.3) is 0 Å². The number of H-pyrrole nitrogens is 1. The molecular weight excluding hydrogens is 400 g/mol. The van der Waals surface area contributed by atoms with Gasteiger partial charge in [0.1, 0.15) is 11.6 Å². The Morgan fingerprint density at radius 1 is 0.867 bits per heavy atom. The van der Waals surface area contributed by atoms with E-state index in [4.69, 9.17) is 25.8 Å². The summed E-state index contributed by atoms with van der Waals surface area (Å²) >= 11 is 6.46. The fourth-order valence-corrected chi connectivity index (χ4v) is 3.72. The molecule has 0 aliphatic rings. The molecule has 0 spiro atoms. The van der Waals surface area contributed by atoms with Gasteiger partial charge >= 0.3 is 0 Å². The molecule has 30 heavy (non-hydrogen) atoms. The van der Waals surface area contributed by atoms with Crippen LogP contribution in [0.2, 0.25) is 5.02 Å². The molecule has 5 nitrogen and oxygen atoms in total. The lowest BCUT2D eigenvalue weighted by Crippen LogP contribution is -1.98. The number of methoxy groups -OCH3 is 2. The van der Waals surface area contributed by atoms with Crippen LogP contribution in [0.4, 0.5) is 0 Å². The molecule has 0 amide bonds. The van der Waals surface area contributed by atoms with Gasteiger partial charge in [-0.3, -0.25) is 0 Å². The first kappa shape index (κ1) is 22.3. The van der Waals surface area contributed by atoms with Gasteiger partial charge in [0.05, 0.1) is 36.9 Å². The molecule has 6 heteroatoms. The number of imidazole rings is 1. The van der Waals surface area contributed by atoms with Crippen molar-refractivity contribution in [1.29, 1.82) is 0 Å². The van der Waals surface area contributed by atoms with Crippen LogP contribution in [-0.2, 0) is 0 Å². The van der Waals surface area contributed by atoms with Crippen molar-refractivity contribution in [1.82, 2.24) is 9.97 Å². The van der Waals surface area contributed by atoms with E-state index in [2.05, 4.69) is 16.9 Å². The van der Waals surface area contributed by atoms with Gasteiger partial charge in [0.15, 0.2) is 11.5 Å². The number of hydrogen-bond donors (Lipinski definition) is 1. The van der Waals surface area contributed by atoms with E-state index in [9.17, 15) is 0 Å². The van der Waals surface area contributed by atoms with Gasteiger partial charge < -0.3 is 19.2 Å². The summed E-state index contributed by atoms with van der Waals surface area (Å²) in [5, 5.41) is 0.589. The average Bonchev–Trinajstić information content (AvgIpc) is 3.18. The minimum atomic E-state index is 0.589. The third kappa shape index (κ3) is 5.60. The second kappa shape index (κ2) is 11.1. The molecule has 0 fully saturated rings. The summed E-state index contributed by atoms with van der Waals surface area (Å²) in [5.41, 5.74) is 2.58. The first-order valence-corrected chi connectivity index (χ1v) is 11.1. The summed E-state index contributed by atoms with van der Waals surface area (Å²) in [5.74, 6) is 2.76. The molecule has 2 aromatic carbocycles. The predicted octanol–water partition coefficient (Wildman–Crippen LogP) is 7.03. The van der Waals surface area contributed by atoms with Crippen LogP contribution in [0.1, 0.15) is 51.9 Å². The van der Waals surface area contributed by atoms with E-state index < -0.39 is 0 Å². The number of unbranched alkanes of at least 4 members (excludes halogenated alkanes) is 6. The van der Waals surface area contributed by atoms with E-state index in [1.807, 2.05) is 30.3 Å². The minimum Gasteiger partial charge on any atom is -0.493 e. The molecule has 0 radical (unpaired) electrons. The monoisotopic (exact) mass is 430 g/mol. The molecule has 3 rings (SSSR count). The van der Waals surface area contributed by atoms with E-state index in [-0.39, 0.29) is 0 Å². The number of nitrogens with zero attached hydrogens (tertiary/aromatic N) is 1. The summed E-state index contributed by atoms with van der Waals surface area (Å²) in [4.78, 5) is 7.98. The van der Waals surface area contributed by atoms with Crippen molar-refractivity contribution in [3.05, 3.63) is 35.4 Å². The number of aromatic nitrogens is 2. The zero-order valence-corrected chi connectivity index (χ0v) is 18.8. The predicted molar refractivity (Wildman–Crippen MR) is 123 cm³/mol. The molecule has 0 bridgehead atoms. The smallest absolute Gasteiger partial charge is 0.163 e. The second-order valence-corrected chi connectivity index (χ2v) is 7.83. The Bertz CT molecular complexity index is 914. The first-order chi connectivity index (χ1) is 14.7. The maximum Gasteiger partial charge on any atom is 0.163 e. The number of ether oxygens (including phenoxy) is 3. The van der Waals surface area contributed by atoms with Gasteiger partial charge in [0.2, 0.25) is 0 Å². The maximum atomic E-state index is 6.46. The number of hydrogen-bond acceptors (Lipinski definition) is 4. The van der Waals surface area contributed by atoms with Crippen molar-refractivity contribution in [3.8, 4) is 28.6 Å². The summed E-state index contributed by atoms with van der Waals surface area (Å²) in [7, 11) is 3.23. The van der Waals surface area contributed by atoms with E-state index in [0.717, 1.165) is 28.8 Å². The Morgan fingerprint density at radius 3 is 2.27 bits per heavy atom. The number of benzene rings is 2. The highest BCUT2D eigenvalue weighted by molar-refractivity contribution is 6.32. The number of nitrogens with one attached hydrogen (secondary N) is 1. The molecule has 0 aliphatic carbocycles. The van der Waals surface area contributed by atoms with Crippen molar-refractivity contribution in [2.24, 2.45) is 0 Å². The number of fused-ring (bicyclic) bond motifs is 1. The molecular formula is C24H31ClN2O3. The van der Waals surface area contributed by atoms with Crippen LogP contribution < -0.4 is 14.2 Å². The number of aromatic amines is 1. The highest BCUT2D eigenvalue weighted by Gasteiger charge is 2.12. The maximum absolute atomic E-state index is 6.46. The Balaban J connectivity index is 1.61. The van der Waals surface area contributed by atoms with Gasteiger partial charge in [-0.25, -0.2) is 4.98 Å². The minimum absolute atomic E-state index is 0.589. The van der Waals surface area contributed by atoms with E-state index in [1.165, 1.54) is 38.5 Å². The third-order valence-electron chi connectivity index (χ3n) is 5.20. The van der Waals surface area contributed by atoms with Gasteiger partial charge in [-0.05, 0) is 24.6 Å². The van der Waals surface area contributed by atoms with Crippen LogP contribution in [-0.4, -0.2) is 30.8 Å². The lowest BCUT2D eigenvalue weighted by molar-refractivity contribution is 0.304. The van der Waals surface area contributed by atoms with Crippen molar-refractivity contribution in [2.75, 3.05) is 20.8 Å². The molecule has 1 heterocycles. The van der Waals surface area contributed by atoms with Crippen LogP contribution in [0.25, 0.3) is 22.4 Å². The topological polar surface area (TPSA) is 56.4 Å². The number of halogens is 1. The van der Waals surface area contributed by atoms with Crippen molar-refractivity contribution in [2.45, 2.75) is 51.9 Å². The fourth-order valence-electron chi connectivity index (χ4n) is 3.48. The highest BCUT2D eigenvalue weighted by atomic mass is 35.5. The molecule has 0 aliphatic heterocycles. The highest BCUT2D eigenvalue weighted by Crippen LogP contribution is 2.34. The average molecular weight is 431 g/mol. The summed E-state index contributed by atoms with van der Waals surface area (Å²) in [6.45, 7) is 2.93. The van der Waals surface area contributed by atoms with Gasteiger partial charge in [-0.1, -0.05) is 57.0 Å². The summed E-state index contributed by atoms with van der Waals surface area (Å²) in [6.07, 6.45) is 8.81. The van der Waals surface area contributed by atoms with E-state index in [0.29, 0.717) is 28.9 Å². The molecule has 0 saturated carbocycles. The van der Waals surface area contributed by atoms with E-state index in [1.54, 1.807) is 14.2 Å². The standard InChI is InChI=1S/C24H31ClN2O3/c1-4-5-6-7-8-9-10-13-30-21-12-11-17(14-18(21)25)24-26-19-15-22(28-2)23(29-3)16-20(19)27-24/h11-12,14-16H,4-10,13H2,1-3H3,(H,26,27). The van der Waals surface area contributed by atoms with Crippen molar-refractivity contribution < 1.29 is 14.2 Å². The van der Waals surface area contributed by atoms with Gasteiger partial charge in [-0.2, -0.15) is 0 Å². The second-order valence-electron chi connectivity index (χ2n) is 7.42. The van der Waals surface area contributed by atoms with Gasteiger partial charge in [-0.15, -0.1) is 0 Å². The lowest BCUT2D eigenvalue weighted by Gasteiger charge is -2.09. The quantitative estimate of drug-likeness (QED) is 0.313. The molecule has 0 unspecified atom stereocenters. The Morgan fingerprint density at radius 2 is 1.57 bits per heavy atom. The van der Waals surface area contributed by atoms with Crippen LogP contribution in [0.3, 0.4) is 0 Å². The first-order valence-electron chi connectivity index (χ1n) is 10.7. The molecule has 3 aromatic rings. The molecule has 1 aromatic heterocycles. The normalized spacial score (nSPS) is 11.1. The van der Waals surface area contributed by atoms with Crippen LogP contribution in [0.15, 0.2) is 30.3 Å². The van der Waals surface area contributed by atoms with Crippen molar-refractivity contribution >= 4 is 22.6 Å². The van der Waals surface area contributed by atoms with Crippen LogP contribution in [0.5, 0.6) is 17.2 Å². The number of rotatable bonds is 12. The Labute approximate surface area is 183 Å². The zero-order valence-electron chi connectivity index (χ0n) is 18.1. The molecule has 162 valence electrons. The fraction of sp³-hybridized carbons (Fsp3) is 0.458. The third-order valence-corrected chi connectivity index (χ3v) is 5.49. The summed E-state index contributed by atoms with van der Waals surface area (Å²) in [6, 6.07) is 9.50. The Kier molecular flexibility index (Phi) is 8.26. The summed E-state index contributed by atoms with van der Waals surface area (Å²) < 4.78 is 16.6. The van der Waals surface area contributed by atoms with Crippen LogP contribution in [0, 0.1) is 0 Å². The van der Waals surface area contributed by atoms with Crippen molar-refractivity contribution in [3.63, 3.8) is 0 Å². The lowest BCUT2D eigenvalue weighted by atomic mass is 10.1. The largest absolute Gasteiger partial charge is 0.493 e. The van der Waals surface area contributed by atoms with Crippen LogP contribution >= 0.6 is 11.6 Å². The molecule has 0 atom stereocenters. The Hall–Kier alpha value is -2.40. The molecule has 1 N–H and O–H groups in total. The van der Waals surface area contributed by atoms with E-state index >= 15 is 0 Å².